The van der Waals surface area contributed by atoms with E-state index in [1.54, 1.807) is 34.6 Å². The van der Waals surface area contributed by atoms with Gasteiger partial charge in [-0.1, -0.05) is 71.4 Å². The van der Waals surface area contributed by atoms with Crippen LogP contribution in [0.15, 0.2) is 48.9 Å². The van der Waals surface area contributed by atoms with E-state index < -0.39 is 89.5 Å². The van der Waals surface area contributed by atoms with Gasteiger partial charge in [0.25, 0.3) is 11.8 Å². The van der Waals surface area contributed by atoms with Gasteiger partial charge in [0.2, 0.25) is 23.5 Å². The summed E-state index contributed by atoms with van der Waals surface area (Å²) >= 11 is 0. The smallest absolute Gasteiger partial charge is 0.290 e. The Kier molecular flexibility index (Phi) is 13.4. The Labute approximate surface area is 298 Å². The summed E-state index contributed by atoms with van der Waals surface area (Å²) in [6.07, 6.45) is 4.08. The Morgan fingerprint density at radius 2 is 1.55 bits per heavy atom. The second-order valence-electron chi connectivity index (χ2n) is 14.2. The average Bonchev–Trinajstić information content (AvgIpc) is 3.68. The number of ketones is 1. The molecular weight excluding hydrogens is 657 g/mol. The standard InChI is InChI=1S/C37H50FN7O6/c1-7-11-27(32(46)36(50)41-22(6)23-12-9-8-10-13-23)42-35(49)31-24-14-15-26(38)25(24)19-45(31)37(51)30(21(4)5)44-34(48)29(20(2)3)43-33(47)28-18-39-16-17-40-28/h8-10,12-13,16-18,20-22,24-27,29-31H,7,11,14-15,19H2,1-6H3,(H,41,50)(H,42,49)(H,43,47)(H,44,48)/t22-,24+,25+,26+,27?,29-,30?,31?/m1/s1. The van der Waals surface area contributed by atoms with Gasteiger partial charge in [-0.05, 0) is 49.5 Å². The van der Waals surface area contributed by atoms with Gasteiger partial charge in [0.05, 0.1) is 18.3 Å². The summed E-state index contributed by atoms with van der Waals surface area (Å²) in [4.78, 5) is 90.5. The van der Waals surface area contributed by atoms with Crippen LogP contribution in [0.25, 0.3) is 0 Å². The van der Waals surface area contributed by atoms with Crippen molar-refractivity contribution in [2.75, 3.05) is 6.54 Å². The van der Waals surface area contributed by atoms with Gasteiger partial charge in [-0.3, -0.25) is 33.8 Å². The number of halogens is 1. The predicted molar refractivity (Wildman–Crippen MR) is 186 cm³/mol. The number of carbonyl (C=O) groups is 6. The predicted octanol–water partition coefficient (Wildman–Crippen LogP) is 2.68. The van der Waals surface area contributed by atoms with E-state index in [0.717, 1.165) is 5.56 Å². The summed E-state index contributed by atoms with van der Waals surface area (Å²) in [5, 5.41) is 10.9. The fourth-order valence-corrected chi connectivity index (χ4v) is 6.99. The van der Waals surface area contributed by atoms with Crippen LogP contribution in [0, 0.1) is 23.7 Å². The molecule has 5 amide bonds. The van der Waals surface area contributed by atoms with Crippen LogP contribution in [0.3, 0.4) is 0 Å². The topological polar surface area (TPSA) is 180 Å². The largest absolute Gasteiger partial charge is 0.344 e. The van der Waals surface area contributed by atoms with Crippen molar-refractivity contribution >= 4 is 35.3 Å². The first kappa shape index (κ1) is 39.0. The van der Waals surface area contributed by atoms with Crippen molar-refractivity contribution in [1.29, 1.82) is 0 Å². The van der Waals surface area contributed by atoms with Crippen molar-refractivity contribution in [1.82, 2.24) is 36.1 Å². The maximum atomic E-state index is 15.2. The molecule has 1 aliphatic heterocycles. The third kappa shape index (κ3) is 9.33. The van der Waals surface area contributed by atoms with E-state index in [1.165, 1.54) is 23.5 Å². The number of hydrogen-bond donors (Lipinski definition) is 4. The van der Waals surface area contributed by atoms with Crippen molar-refractivity contribution in [2.24, 2.45) is 23.7 Å². The summed E-state index contributed by atoms with van der Waals surface area (Å²) in [6.45, 7) is 10.5. The average molecular weight is 708 g/mol. The number of hydrogen-bond acceptors (Lipinski definition) is 8. The molecule has 14 heteroatoms. The van der Waals surface area contributed by atoms with Crippen molar-refractivity contribution < 1.29 is 33.2 Å². The lowest BCUT2D eigenvalue weighted by atomic mass is 9.92. The van der Waals surface area contributed by atoms with E-state index in [2.05, 4.69) is 31.2 Å². The molecule has 51 heavy (non-hydrogen) atoms. The minimum Gasteiger partial charge on any atom is -0.344 e. The summed E-state index contributed by atoms with van der Waals surface area (Å²) < 4.78 is 15.2. The molecule has 1 aliphatic carbocycles. The third-order valence-corrected chi connectivity index (χ3v) is 9.83. The molecule has 4 rings (SSSR count). The second kappa shape index (κ2) is 17.5. The van der Waals surface area contributed by atoms with E-state index in [4.69, 9.17) is 0 Å². The number of alkyl halides is 1. The van der Waals surface area contributed by atoms with Gasteiger partial charge >= 0.3 is 0 Å². The van der Waals surface area contributed by atoms with Crippen molar-refractivity contribution in [3.63, 3.8) is 0 Å². The van der Waals surface area contributed by atoms with E-state index >= 15 is 4.39 Å². The molecule has 2 aliphatic rings. The zero-order valence-electron chi connectivity index (χ0n) is 30.1. The molecule has 1 saturated carbocycles. The van der Waals surface area contributed by atoms with Crippen LogP contribution in [0.2, 0.25) is 0 Å². The van der Waals surface area contributed by atoms with Gasteiger partial charge in [-0.15, -0.1) is 0 Å². The highest BCUT2D eigenvalue weighted by atomic mass is 19.1. The second-order valence-corrected chi connectivity index (χ2v) is 14.2. The SMILES string of the molecule is CCCC(NC(=O)C1[C@H]2CC[C@H](F)[C@H]2CN1C(=O)C(NC(=O)[C@H](NC(=O)c1cnccn1)C(C)C)C(C)C)C(=O)C(=O)N[C@H](C)c1ccccc1. The minimum atomic E-state index is -1.23. The summed E-state index contributed by atoms with van der Waals surface area (Å²) in [5.74, 6) is -6.02. The first-order valence-electron chi connectivity index (χ1n) is 17.8. The molecule has 0 radical (unpaired) electrons. The number of likely N-dealkylation sites (tertiary alicyclic amines) is 1. The number of nitrogens with zero attached hydrogens (tertiary/aromatic N) is 3. The fraction of sp³-hybridized carbons (Fsp3) is 0.568. The van der Waals surface area contributed by atoms with Crippen LogP contribution >= 0.6 is 0 Å². The number of fused-ring (bicyclic) bond motifs is 1. The Balaban J connectivity index is 1.52. The van der Waals surface area contributed by atoms with Crippen LogP contribution in [0.4, 0.5) is 4.39 Å². The molecule has 1 saturated heterocycles. The number of nitrogens with one attached hydrogen (secondary N) is 4. The fourth-order valence-electron chi connectivity index (χ4n) is 6.99. The maximum Gasteiger partial charge on any atom is 0.290 e. The Morgan fingerprint density at radius 1 is 0.863 bits per heavy atom. The highest BCUT2D eigenvalue weighted by Crippen LogP contribution is 2.44. The monoisotopic (exact) mass is 707 g/mol. The van der Waals surface area contributed by atoms with Crippen molar-refractivity contribution in [2.45, 2.75) is 104 Å². The highest BCUT2D eigenvalue weighted by molar-refractivity contribution is 6.38. The number of aromatic nitrogens is 2. The molecule has 1 aromatic carbocycles. The van der Waals surface area contributed by atoms with E-state index in [9.17, 15) is 28.8 Å². The van der Waals surface area contributed by atoms with Gasteiger partial charge in [-0.25, -0.2) is 9.37 Å². The van der Waals surface area contributed by atoms with Crippen molar-refractivity contribution in [3.05, 3.63) is 60.2 Å². The minimum absolute atomic E-state index is 0.0220. The number of carbonyl (C=O) groups excluding carboxylic acids is 6. The molecule has 8 atom stereocenters. The Hall–Kier alpha value is -4.75. The molecule has 0 spiro atoms. The Bertz CT molecular complexity index is 1560. The molecule has 13 nitrogen and oxygen atoms in total. The zero-order valence-corrected chi connectivity index (χ0v) is 30.1. The molecular formula is C37H50FN7O6. The van der Waals surface area contributed by atoms with Crippen LogP contribution in [0.1, 0.15) is 89.3 Å². The summed E-state index contributed by atoms with van der Waals surface area (Å²) in [5.41, 5.74) is 0.830. The number of rotatable bonds is 15. The molecule has 4 N–H and O–H groups in total. The van der Waals surface area contributed by atoms with Gasteiger partial charge in [-0.2, -0.15) is 0 Å². The van der Waals surface area contributed by atoms with Gasteiger partial charge in [0.1, 0.15) is 30.0 Å². The molecule has 2 heterocycles. The molecule has 3 unspecified atom stereocenters. The van der Waals surface area contributed by atoms with E-state index in [0.29, 0.717) is 12.8 Å². The van der Waals surface area contributed by atoms with Crippen molar-refractivity contribution in [3.8, 4) is 0 Å². The van der Waals surface area contributed by atoms with Gasteiger partial charge < -0.3 is 26.2 Å². The first-order valence-corrected chi connectivity index (χ1v) is 17.8. The molecule has 276 valence electrons. The third-order valence-electron chi connectivity index (χ3n) is 9.83. The number of benzene rings is 1. The lowest BCUT2D eigenvalue weighted by Crippen LogP contribution is -2.60. The van der Waals surface area contributed by atoms with E-state index in [1.807, 2.05) is 37.3 Å². The molecule has 2 fully saturated rings. The normalized spacial score (nSPS) is 22.0. The summed E-state index contributed by atoms with van der Waals surface area (Å²) in [7, 11) is 0. The number of Topliss-reactive ketones (excluding diaryl/α,β-unsaturated/α-hetero) is 1. The lowest BCUT2D eigenvalue weighted by Gasteiger charge is -2.34. The molecule has 0 bridgehead atoms. The number of amides is 5. The Morgan fingerprint density at radius 3 is 2.16 bits per heavy atom. The summed E-state index contributed by atoms with van der Waals surface area (Å²) in [6, 6.07) is 4.27. The quantitative estimate of drug-likeness (QED) is 0.204. The first-order chi connectivity index (χ1) is 24.2. The maximum absolute atomic E-state index is 15.2. The molecule has 2 aromatic rings. The highest BCUT2D eigenvalue weighted by Gasteiger charge is 2.55. The van der Waals surface area contributed by atoms with E-state index in [-0.39, 0.29) is 31.0 Å². The van der Waals surface area contributed by atoms with Crippen LogP contribution in [-0.2, 0) is 24.0 Å². The van der Waals surface area contributed by atoms with Crippen LogP contribution < -0.4 is 21.3 Å². The van der Waals surface area contributed by atoms with Crippen LogP contribution in [0.5, 0.6) is 0 Å². The van der Waals surface area contributed by atoms with Gasteiger partial charge in [0, 0.05) is 24.9 Å². The lowest BCUT2D eigenvalue weighted by molar-refractivity contribution is -0.145. The van der Waals surface area contributed by atoms with Gasteiger partial charge in [0.15, 0.2) is 0 Å². The molecule has 1 aromatic heterocycles. The van der Waals surface area contributed by atoms with Crippen LogP contribution in [-0.4, -0.2) is 87.1 Å². The zero-order chi connectivity index (χ0) is 37.4.